The van der Waals surface area contributed by atoms with Crippen molar-refractivity contribution in [3.05, 3.63) is 33.8 Å². The van der Waals surface area contributed by atoms with Crippen molar-refractivity contribution in [1.29, 1.82) is 5.26 Å². The summed E-state index contributed by atoms with van der Waals surface area (Å²) in [5.74, 6) is -0.0593. The molecule has 0 fully saturated rings. The van der Waals surface area contributed by atoms with E-state index in [1.165, 1.54) is 0 Å². The van der Waals surface area contributed by atoms with Gasteiger partial charge in [-0.15, -0.1) is 0 Å². The molecule has 0 aliphatic carbocycles. The van der Waals surface area contributed by atoms with Crippen LogP contribution in [0.15, 0.2) is 22.7 Å². The van der Waals surface area contributed by atoms with E-state index in [0.29, 0.717) is 18.5 Å². The molecular weight excluding hydrogens is 268 g/mol. The van der Waals surface area contributed by atoms with Crippen LogP contribution in [0, 0.1) is 18.3 Å². The van der Waals surface area contributed by atoms with Crippen LogP contribution in [0.2, 0.25) is 0 Å². The number of rotatable bonds is 3. The molecule has 0 spiro atoms. The first-order valence-electron chi connectivity index (χ1n) is 4.95. The molecule has 0 aliphatic rings. The predicted octanol–water partition coefficient (Wildman–Crippen LogP) is 2.74. The first-order valence-corrected chi connectivity index (χ1v) is 5.74. The number of hydrogen-bond acceptors (Lipinski definition) is 2. The lowest BCUT2D eigenvalue weighted by molar-refractivity contribution is 0.0798. The van der Waals surface area contributed by atoms with Crippen molar-refractivity contribution < 1.29 is 4.79 Å². The van der Waals surface area contributed by atoms with Crippen molar-refractivity contribution in [2.45, 2.75) is 13.3 Å². The second-order valence-corrected chi connectivity index (χ2v) is 4.45. The predicted molar refractivity (Wildman–Crippen MR) is 66.1 cm³/mol. The summed E-state index contributed by atoms with van der Waals surface area (Å²) in [5, 5.41) is 8.45. The summed E-state index contributed by atoms with van der Waals surface area (Å²) in [6.07, 6.45) is 0.356. The summed E-state index contributed by atoms with van der Waals surface area (Å²) in [7, 11) is 1.70. The fraction of sp³-hybridized carbons (Fsp3) is 0.333. The van der Waals surface area contributed by atoms with Crippen LogP contribution in [-0.4, -0.2) is 24.4 Å². The highest BCUT2D eigenvalue weighted by atomic mass is 79.9. The second-order valence-electron chi connectivity index (χ2n) is 3.60. The number of nitriles is 1. The lowest BCUT2D eigenvalue weighted by Gasteiger charge is -2.15. The lowest BCUT2D eigenvalue weighted by Crippen LogP contribution is -2.27. The number of carbonyl (C=O) groups excluding carboxylic acids is 1. The van der Waals surface area contributed by atoms with E-state index < -0.39 is 0 Å². The van der Waals surface area contributed by atoms with Gasteiger partial charge in [-0.25, -0.2) is 0 Å². The van der Waals surface area contributed by atoms with Crippen LogP contribution >= 0.6 is 15.9 Å². The minimum Gasteiger partial charge on any atom is -0.341 e. The zero-order chi connectivity index (χ0) is 12.1. The molecular formula is C12H13BrN2O. The largest absolute Gasteiger partial charge is 0.341 e. The normalized spacial score (nSPS) is 9.62. The number of aryl methyl sites for hydroxylation is 1. The summed E-state index contributed by atoms with van der Waals surface area (Å²) in [4.78, 5) is 13.5. The second kappa shape index (κ2) is 5.66. The van der Waals surface area contributed by atoms with E-state index in [1.54, 1.807) is 24.1 Å². The molecule has 1 aromatic rings. The molecule has 0 aromatic heterocycles. The van der Waals surface area contributed by atoms with Crippen LogP contribution in [0.25, 0.3) is 0 Å². The number of halogens is 1. The van der Waals surface area contributed by atoms with Crippen LogP contribution < -0.4 is 0 Å². The Morgan fingerprint density at radius 1 is 1.56 bits per heavy atom. The third-order valence-corrected chi connectivity index (χ3v) is 3.18. The number of amides is 1. The SMILES string of the molecule is Cc1ccc(C(=O)N(C)CCC#N)cc1Br. The van der Waals surface area contributed by atoms with Crippen molar-refractivity contribution in [2.75, 3.05) is 13.6 Å². The molecule has 0 heterocycles. The molecule has 4 heteroatoms. The molecule has 0 aliphatic heterocycles. The van der Waals surface area contributed by atoms with E-state index in [0.717, 1.165) is 10.0 Å². The fourth-order valence-electron chi connectivity index (χ4n) is 1.27. The highest BCUT2D eigenvalue weighted by molar-refractivity contribution is 9.10. The molecule has 84 valence electrons. The molecule has 1 aromatic carbocycles. The van der Waals surface area contributed by atoms with Gasteiger partial charge < -0.3 is 4.90 Å². The first kappa shape index (κ1) is 12.7. The highest BCUT2D eigenvalue weighted by Gasteiger charge is 2.11. The van der Waals surface area contributed by atoms with Crippen LogP contribution in [0.3, 0.4) is 0 Å². The Morgan fingerprint density at radius 3 is 2.81 bits per heavy atom. The molecule has 1 amide bonds. The lowest BCUT2D eigenvalue weighted by atomic mass is 10.1. The van der Waals surface area contributed by atoms with E-state index >= 15 is 0 Å². The van der Waals surface area contributed by atoms with Crippen LogP contribution in [-0.2, 0) is 0 Å². The third-order valence-electron chi connectivity index (χ3n) is 2.32. The number of carbonyl (C=O) groups is 1. The van der Waals surface area contributed by atoms with Crippen molar-refractivity contribution in [1.82, 2.24) is 4.90 Å². The van der Waals surface area contributed by atoms with Gasteiger partial charge in [-0.2, -0.15) is 5.26 Å². The van der Waals surface area contributed by atoms with Gasteiger partial charge >= 0.3 is 0 Å². The minimum absolute atomic E-state index is 0.0593. The Bertz CT molecular complexity index is 437. The summed E-state index contributed by atoms with van der Waals surface area (Å²) < 4.78 is 0.923. The molecule has 0 atom stereocenters. The average Bonchev–Trinajstić information content (AvgIpc) is 2.28. The maximum atomic E-state index is 11.9. The topological polar surface area (TPSA) is 44.1 Å². The van der Waals surface area contributed by atoms with Crippen molar-refractivity contribution >= 4 is 21.8 Å². The van der Waals surface area contributed by atoms with Crippen LogP contribution in [0.1, 0.15) is 22.3 Å². The molecule has 0 unspecified atom stereocenters. The zero-order valence-electron chi connectivity index (χ0n) is 9.33. The molecule has 3 nitrogen and oxygen atoms in total. The van der Waals surface area contributed by atoms with E-state index in [1.807, 2.05) is 19.1 Å². The molecule has 0 bridgehead atoms. The Balaban J connectivity index is 2.80. The van der Waals surface area contributed by atoms with Gasteiger partial charge in [0.1, 0.15) is 0 Å². The van der Waals surface area contributed by atoms with Crippen molar-refractivity contribution in [2.24, 2.45) is 0 Å². The maximum absolute atomic E-state index is 11.9. The Morgan fingerprint density at radius 2 is 2.25 bits per heavy atom. The standard InChI is InChI=1S/C12H13BrN2O/c1-9-4-5-10(8-11(9)13)12(16)15(2)7-3-6-14/h4-5,8H,3,7H2,1-2H3. The Hall–Kier alpha value is -1.34. The Kier molecular flexibility index (Phi) is 4.51. The van der Waals surface area contributed by atoms with Gasteiger partial charge in [-0.05, 0) is 24.6 Å². The molecule has 0 saturated carbocycles. The highest BCUT2D eigenvalue weighted by Crippen LogP contribution is 2.18. The first-order chi connectivity index (χ1) is 7.56. The summed E-state index contributed by atoms with van der Waals surface area (Å²) in [5.41, 5.74) is 1.73. The third kappa shape index (κ3) is 3.07. The smallest absolute Gasteiger partial charge is 0.253 e. The average molecular weight is 281 g/mol. The van der Waals surface area contributed by atoms with E-state index in [-0.39, 0.29) is 5.91 Å². The van der Waals surface area contributed by atoms with Gasteiger partial charge in [0.2, 0.25) is 0 Å². The van der Waals surface area contributed by atoms with E-state index in [9.17, 15) is 4.79 Å². The van der Waals surface area contributed by atoms with Crippen LogP contribution in [0.5, 0.6) is 0 Å². The van der Waals surface area contributed by atoms with Gasteiger partial charge in [-0.1, -0.05) is 22.0 Å². The van der Waals surface area contributed by atoms with E-state index in [2.05, 4.69) is 15.9 Å². The maximum Gasteiger partial charge on any atom is 0.253 e. The molecule has 0 saturated heterocycles. The van der Waals surface area contributed by atoms with Gasteiger partial charge in [0.15, 0.2) is 0 Å². The van der Waals surface area contributed by atoms with Crippen molar-refractivity contribution in [3.8, 4) is 6.07 Å². The molecule has 0 N–H and O–H groups in total. The number of nitrogens with zero attached hydrogens (tertiary/aromatic N) is 2. The molecule has 16 heavy (non-hydrogen) atoms. The summed E-state index contributed by atoms with van der Waals surface area (Å²) in [6.45, 7) is 2.43. The monoisotopic (exact) mass is 280 g/mol. The minimum atomic E-state index is -0.0593. The zero-order valence-corrected chi connectivity index (χ0v) is 10.9. The van der Waals surface area contributed by atoms with Crippen molar-refractivity contribution in [3.63, 3.8) is 0 Å². The van der Waals surface area contributed by atoms with Gasteiger partial charge in [0, 0.05) is 23.6 Å². The van der Waals surface area contributed by atoms with E-state index in [4.69, 9.17) is 5.26 Å². The van der Waals surface area contributed by atoms with Gasteiger partial charge in [0.05, 0.1) is 12.5 Å². The Labute approximate surface area is 104 Å². The van der Waals surface area contributed by atoms with Crippen LogP contribution in [0.4, 0.5) is 0 Å². The quantitative estimate of drug-likeness (QED) is 0.855. The molecule has 1 rings (SSSR count). The molecule has 0 radical (unpaired) electrons. The fourth-order valence-corrected chi connectivity index (χ4v) is 1.64. The number of hydrogen-bond donors (Lipinski definition) is 0. The summed E-state index contributed by atoms with van der Waals surface area (Å²) in [6, 6.07) is 7.52. The van der Waals surface area contributed by atoms with Gasteiger partial charge in [0.25, 0.3) is 5.91 Å². The summed E-state index contributed by atoms with van der Waals surface area (Å²) >= 11 is 3.39. The number of benzene rings is 1. The van der Waals surface area contributed by atoms with Gasteiger partial charge in [-0.3, -0.25) is 4.79 Å².